The van der Waals surface area contributed by atoms with Gasteiger partial charge in [0.05, 0.1) is 40.2 Å². The minimum atomic E-state index is -3.67. The first-order valence-electron chi connectivity index (χ1n) is 7.49. The summed E-state index contributed by atoms with van der Waals surface area (Å²) in [5.74, 6) is 1.66. The van der Waals surface area contributed by atoms with Gasteiger partial charge < -0.3 is 18.9 Å². The first kappa shape index (κ1) is 18.7. The van der Waals surface area contributed by atoms with Crippen molar-refractivity contribution in [3.05, 3.63) is 22.7 Å². The standard InChI is InChI=1S/C17H18BrNO6S/c1-22-12-6-9-11(8-13(12)23-2)19(26(5,20)21)16-15(9)10(18)7-14(24-3)17(16)25-4/h6-8H,1-5H3. The third-order valence-corrected chi connectivity index (χ3v) is 5.79. The molecule has 0 aliphatic carbocycles. The molecule has 0 saturated heterocycles. The van der Waals surface area contributed by atoms with E-state index >= 15 is 0 Å². The SMILES string of the molecule is COc1cc2c3c(Br)cc(OC)c(OC)c3n(S(C)(=O)=O)c2cc1OC. The van der Waals surface area contributed by atoms with Gasteiger partial charge in [0.1, 0.15) is 5.52 Å². The zero-order valence-corrected chi connectivity index (χ0v) is 17.3. The zero-order chi connectivity index (χ0) is 19.2. The lowest BCUT2D eigenvalue weighted by Crippen LogP contribution is -2.10. The number of aromatic nitrogens is 1. The van der Waals surface area contributed by atoms with E-state index in [1.807, 2.05) is 0 Å². The quantitative estimate of drug-likeness (QED) is 0.601. The van der Waals surface area contributed by atoms with Crippen LogP contribution in [0.5, 0.6) is 23.0 Å². The minimum absolute atomic E-state index is 0.324. The number of halogens is 1. The van der Waals surface area contributed by atoms with Crippen molar-refractivity contribution in [3.8, 4) is 23.0 Å². The number of rotatable bonds is 5. The van der Waals surface area contributed by atoms with Gasteiger partial charge >= 0.3 is 0 Å². The van der Waals surface area contributed by atoms with Gasteiger partial charge in [0.15, 0.2) is 23.0 Å². The van der Waals surface area contributed by atoms with Gasteiger partial charge in [-0.25, -0.2) is 12.4 Å². The van der Waals surface area contributed by atoms with Crippen LogP contribution in [0.15, 0.2) is 22.7 Å². The Bertz CT molecular complexity index is 1120. The minimum Gasteiger partial charge on any atom is -0.493 e. The molecule has 7 nitrogen and oxygen atoms in total. The Kier molecular flexibility index (Phi) is 4.70. The van der Waals surface area contributed by atoms with Crippen molar-refractivity contribution in [2.24, 2.45) is 0 Å². The van der Waals surface area contributed by atoms with E-state index < -0.39 is 10.0 Å². The molecule has 0 bridgehead atoms. The lowest BCUT2D eigenvalue weighted by atomic mass is 10.1. The fraction of sp³-hybridized carbons (Fsp3) is 0.294. The molecule has 1 heterocycles. The molecule has 0 unspecified atom stereocenters. The lowest BCUT2D eigenvalue weighted by Gasteiger charge is -2.12. The highest BCUT2D eigenvalue weighted by Gasteiger charge is 2.26. The molecule has 3 aromatic rings. The molecule has 9 heteroatoms. The van der Waals surface area contributed by atoms with E-state index in [0.717, 1.165) is 6.26 Å². The molecule has 1 aromatic heterocycles. The van der Waals surface area contributed by atoms with Gasteiger partial charge in [-0.2, -0.15) is 0 Å². The predicted octanol–water partition coefficient (Wildman–Crippen LogP) is 3.40. The van der Waals surface area contributed by atoms with E-state index in [0.29, 0.717) is 49.3 Å². The number of ether oxygens (including phenoxy) is 4. The molecule has 140 valence electrons. The van der Waals surface area contributed by atoms with Crippen LogP contribution >= 0.6 is 15.9 Å². The summed E-state index contributed by atoms with van der Waals surface area (Å²) >= 11 is 3.52. The van der Waals surface area contributed by atoms with Crippen LogP contribution in [0.3, 0.4) is 0 Å². The summed E-state index contributed by atoms with van der Waals surface area (Å²) in [4.78, 5) is 0. The first-order chi connectivity index (χ1) is 12.3. The Morgan fingerprint density at radius 2 is 1.46 bits per heavy atom. The second kappa shape index (κ2) is 6.55. The summed E-state index contributed by atoms with van der Waals surface area (Å²) < 4.78 is 48.7. The molecule has 3 rings (SSSR count). The molecular weight excluding hydrogens is 426 g/mol. The van der Waals surface area contributed by atoms with E-state index in [-0.39, 0.29) is 0 Å². The van der Waals surface area contributed by atoms with Gasteiger partial charge in [-0.3, -0.25) is 0 Å². The Labute approximate surface area is 159 Å². The third-order valence-electron chi connectivity index (χ3n) is 4.12. The fourth-order valence-electron chi connectivity index (χ4n) is 3.10. The van der Waals surface area contributed by atoms with Crippen LogP contribution in [-0.4, -0.2) is 47.1 Å². The average Bonchev–Trinajstić information content (AvgIpc) is 2.94. The summed E-state index contributed by atoms with van der Waals surface area (Å²) in [7, 11) is 2.32. The predicted molar refractivity (Wildman–Crippen MR) is 104 cm³/mol. The molecule has 0 saturated carbocycles. The first-order valence-corrected chi connectivity index (χ1v) is 10.1. The van der Waals surface area contributed by atoms with Crippen molar-refractivity contribution in [2.45, 2.75) is 0 Å². The molecule has 2 aromatic carbocycles. The Morgan fingerprint density at radius 3 is 1.96 bits per heavy atom. The smallest absolute Gasteiger partial charge is 0.236 e. The van der Waals surface area contributed by atoms with Gasteiger partial charge in [0.25, 0.3) is 0 Å². The summed E-state index contributed by atoms with van der Waals surface area (Å²) in [6, 6.07) is 5.12. The summed E-state index contributed by atoms with van der Waals surface area (Å²) in [6.07, 6.45) is 1.13. The van der Waals surface area contributed by atoms with Crippen molar-refractivity contribution in [3.63, 3.8) is 0 Å². The highest BCUT2D eigenvalue weighted by atomic mass is 79.9. The number of hydrogen-bond donors (Lipinski definition) is 0. The molecule has 0 fully saturated rings. The van der Waals surface area contributed by atoms with Crippen molar-refractivity contribution in [2.75, 3.05) is 34.7 Å². The molecule has 0 spiro atoms. The number of hydrogen-bond acceptors (Lipinski definition) is 6. The maximum atomic E-state index is 12.6. The molecule has 0 atom stereocenters. The van der Waals surface area contributed by atoms with Crippen LogP contribution in [0.4, 0.5) is 0 Å². The average molecular weight is 444 g/mol. The van der Waals surface area contributed by atoms with E-state index in [9.17, 15) is 8.42 Å². The summed E-state index contributed by atoms with van der Waals surface area (Å²) in [5.41, 5.74) is 0.832. The van der Waals surface area contributed by atoms with Gasteiger partial charge in [-0.05, 0) is 28.1 Å². The highest BCUT2D eigenvalue weighted by Crippen LogP contribution is 2.47. The fourth-order valence-corrected chi connectivity index (χ4v) is 4.72. The van der Waals surface area contributed by atoms with Crippen LogP contribution in [0.1, 0.15) is 0 Å². The van der Waals surface area contributed by atoms with Crippen LogP contribution in [-0.2, 0) is 10.0 Å². The number of benzene rings is 2. The van der Waals surface area contributed by atoms with Gasteiger partial charge in [-0.1, -0.05) is 0 Å². The number of methoxy groups -OCH3 is 4. The van der Waals surface area contributed by atoms with E-state index in [1.165, 1.54) is 32.4 Å². The molecule has 0 amide bonds. The molecular formula is C17H18BrNO6S. The van der Waals surface area contributed by atoms with Crippen molar-refractivity contribution >= 4 is 47.8 Å². The zero-order valence-electron chi connectivity index (χ0n) is 14.9. The normalized spacial score (nSPS) is 11.8. The van der Waals surface area contributed by atoms with Crippen LogP contribution in [0, 0.1) is 0 Å². The topological polar surface area (TPSA) is 76.0 Å². The molecule has 0 N–H and O–H groups in total. The monoisotopic (exact) mass is 443 g/mol. The van der Waals surface area contributed by atoms with Crippen LogP contribution in [0.25, 0.3) is 21.8 Å². The second-order valence-electron chi connectivity index (χ2n) is 5.57. The van der Waals surface area contributed by atoms with Gasteiger partial charge in [0, 0.05) is 21.3 Å². The summed E-state index contributed by atoms with van der Waals surface area (Å²) in [5, 5.41) is 1.35. The van der Waals surface area contributed by atoms with E-state index in [2.05, 4.69) is 15.9 Å². The maximum Gasteiger partial charge on any atom is 0.236 e. The number of nitrogens with zero attached hydrogens (tertiary/aromatic N) is 1. The molecule has 0 aliphatic rings. The lowest BCUT2D eigenvalue weighted by molar-refractivity contribution is 0.356. The van der Waals surface area contributed by atoms with Crippen LogP contribution in [0.2, 0.25) is 0 Å². The molecule has 26 heavy (non-hydrogen) atoms. The van der Waals surface area contributed by atoms with Crippen molar-refractivity contribution < 1.29 is 27.4 Å². The van der Waals surface area contributed by atoms with Crippen molar-refractivity contribution in [1.29, 1.82) is 0 Å². The van der Waals surface area contributed by atoms with E-state index in [4.69, 9.17) is 18.9 Å². The second-order valence-corrected chi connectivity index (χ2v) is 8.25. The van der Waals surface area contributed by atoms with Gasteiger partial charge in [-0.15, -0.1) is 0 Å². The maximum absolute atomic E-state index is 12.6. The molecule has 0 radical (unpaired) electrons. The number of fused-ring (bicyclic) bond motifs is 3. The Morgan fingerprint density at radius 1 is 0.885 bits per heavy atom. The largest absolute Gasteiger partial charge is 0.493 e. The molecule has 0 aliphatic heterocycles. The van der Waals surface area contributed by atoms with Crippen molar-refractivity contribution in [1.82, 2.24) is 3.97 Å². The van der Waals surface area contributed by atoms with E-state index in [1.54, 1.807) is 18.2 Å². The Hall–Kier alpha value is -2.13. The third kappa shape index (κ3) is 2.66. The van der Waals surface area contributed by atoms with Crippen LogP contribution < -0.4 is 18.9 Å². The summed E-state index contributed by atoms with van der Waals surface area (Å²) in [6.45, 7) is 0. The Balaban J connectivity index is 2.70. The highest BCUT2D eigenvalue weighted by molar-refractivity contribution is 9.10. The van der Waals surface area contributed by atoms with Gasteiger partial charge in [0.2, 0.25) is 10.0 Å².